The third kappa shape index (κ3) is 3.96. The van der Waals surface area contributed by atoms with Gasteiger partial charge in [0, 0.05) is 63.4 Å². The third-order valence-electron chi connectivity index (χ3n) is 6.26. The Morgan fingerprint density at radius 1 is 0.935 bits per heavy atom. The fourth-order valence-electron chi connectivity index (χ4n) is 4.83. The molecule has 2 saturated heterocycles. The zero-order valence-electron chi connectivity index (χ0n) is 17.4. The molecule has 1 amide bonds. The van der Waals surface area contributed by atoms with E-state index in [2.05, 4.69) is 39.1 Å². The van der Waals surface area contributed by atoms with Crippen LogP contribution in [0.25, 0.3) is 0 Å². The van der Waals surface area contributed by atoms with Crippen molar-refractivity contribution in [3.8, 4) is 0 Å². The summed E-state index contributed by atoms with van der Waals surface area (Å²) in [5.41, 5.74) is 2.43. The first-order valence-corrected chi connectivity index (χ1v) is 10.7. The molecule has 0 bridgehead atoms. The van der Waals surface area contributed by atoms with Gasteiger partial charge >= 0.3 is 0 Å². The minimum absolute atomic E-state index is 0.0658. The number of morpholine rings is 1. The molecule has 3 aromatic rings. The van der Waals surface area contributed by atoms with Gasteiger partial charge in [0.15, 0.2) is 5.60 Å². The van der Waals surface area contributed by atoms with Crippen molar-refractivity contribution in [2.24, 2.45) is 0 Å². The van der Waals surface area contributed by atoms with Crippen LogP contribution in [0.5, 0.6) is 0 Å². The highest BCUT2D eigenvalue weighted by atomic mass is 16.5. The minimum Gasteiger partial charge on any atom is -0.361 e. The highest BCUT2D eigenvalue weighted by molar-refractivity contribution is 5.88. The van der Waals surface area contributed by atoms with Crippen molar-refractivity contribution in [1.82, 2.24) is 19.8 Å². The molecule has 0 radical (unpaired) electrons. The van der Waals surface area contributed by atoms with E-state index in [-0.39, 0.29) is 11.8 Å². The normalized spacial score (nSPS) is 24.1. The van der Waals surface area contributed by atoms with E-state index in [1.165, 1.54) is 0 Å². The molecule has 2 aliphatic rings. The standard InChI is InChI=1S/C25H26N4O2/c30-24-25(31-13-12-29(24)17-20-6-2-1-3-7-20)19-28(16-21-8-4-10-26-14-21)18-23(25)22-9-5-11-27-15-22/h1-11,14-15,23H,12-13,16-19H2. The van der Waals surface area contributed by atoms with Crippen molar-refractivity contribution in [2.75, 3.05) is 26.2 Å². The number of hydrogen-bond acceptors (Lipinski definition) is 5. The van der Waals surface area contributed by atoms with E-state index in [0.29, 0.717) is 26.2 Å². The van der Waals surface area contributed by atoms with Crippen molar-refractivity contribution in [3.63, 3.8) is 0 Å². The molecule has 2 aliphatic heterocycles. The largest absolute Gasteiger partial charge is 0.361 e. The molecule has 0 N–H and O–H groups in total. The van der Waals surface area contributed by atoms with E-state index >= 15 is 0 Å². The lowest BCUT2D eigenvalue weighted by Gasteiger charge is -2.42. The second kappa shape index (κ2) is 8.57. The Balaban J connectivity index is 1.45. The predicted molar refractivity (Wildman–Crippen MR) is 117 cm³/mol. The average molecular weight is 415 g/mol. The molecule has 1 aromatic carbocycles. The van der Waals surface area contributed by atoms with Crippen LogP contribution in [0.2, 0.25) is 0 Å². The van der Waals surface area contributed by atoms with E-state index in [1.807, 2.05) is 47.6 Å². The third-order valence-corrected chi connectivity index (χ3v) is 6.26. The lowest BCUT2D eigenvalue weighted by Crippen LogP contribution is -2.59. The van der Waals surface area contributed by atoms with Gasteiger partial charge in [-0.3, -0.25) is 19.7 Å². The highest BCUT2D eigenvalue weighted by Gasteiger charge is 2.56. The summed E-state index contributed by atoms with van der Waals surface area (Å²) in [6.45, 7) is 3.79. The maximum absolute atomic E-state index is 13.9. The first-order valence-electron chi connectivity index (χ1n) is 10.7. The molecule has 2 aromatic heterocycles. The molecule has 4 heterocycles. The van der Waals surface area contributed by atoms with Crippen LogP contribution in [-0.2, 0) is 22.6 Å². The number of likely N-dealkylation sites (tertiary alicyclic amines) is 1. The summed E-state index contributed by atoms with van der Waals surface area (Å²) in [6.07, 6.45) is 7.30. The molecular weight excluding hydrogens is 388 g/mol. The van der Waals surface area contributed by atoms with Gasteiger partial charge in [0.25, 0.3) is 5.91 Å². The number of pyridine rings is 2. The lowest BCUT2D eigenvalue weighted by molar-refractivity contribution is -0.173. The Labute approximate surface area is 182 Å². The lowest BCUT2D eigenvalue weighted by atomic mass is 9.83. The predicted octanol–water partition coefficient (Wildman–Crippen LogP) is 2.87. The van der Waals surface area contributed by atoms with Crippen molar-refractivity contribution >= 4 is 5.91 Å². The number of ether oxygens (including phenoxy) is 1. The number of amides is 1. The van der Waals surface area contributed by atoms with Gasteiger partial charge in [-0.2, -0.15) is 0 Å². The quantitative estimate of drug-likeness (QED) is 0.643. The molecule has 6 heteroatoms. The number of benzene rings is 1. The Morgan fingerprint density at radius 2 is 1.71 bits per heavy atom. The summed E-state index contributed by atoms with van der Waals surface area (Å²) < 4.78 is 6.37. The van der Waals surface area contributed by atoms with Crippen LogP contribution in [0.3, 0.4) is 0 Å². The van der Waals surface area contributed by atoms with E-state index in [1.54, 1.807) is 12.4 Å². The van der Waals surface area contributed by atoms with Crippen molar-refractivity contribution in [3.05, 3.63) is 96.1 Å². The Kier molecular flexibility index (Phi) is 5.49. The zero-order valence-corrected chi connectivity index (χ0v) is 17.4. The molecule has 2 fully saturated rings. The second-order valence-electron chi connectivity index (χ2n) is 8.32. The van der Waals surface area contributed by atoms with Crippen molar-refractivity contribution in [2.45, 2.75) is 24.6 Å². The molecule has 2 atom stereocenters. The fourth-order valence-corrected chi connectivity index (χ4v) is 4.83. The van der Waals surface area contributed by atoms with Gasteiger partial charge in [0.05, 0.1) is 6.61 Å². The van der Waals surface area contributed by atoms with Gasteiger partial charge in [-0.05, 0) is 28.8 Å². The summed E-state index contributed by atoms with van der Waals surface area (Å²) >= 11 is 0. The summed E-state index contributed by atoms with van der Waals surface area (Å²) in [4.78, 5) is 26.7. The summed E-state index contributed by atoms with van der Waals surface area (Å²) in [6, 6.07) is 18.2. The van der Waals surface area contributed by atoms with Gasteiger partial charge in [0.2, 0.25) is 0 Å². The van der Waals surface area contributed by atoms with Gasteiger partial charge in [-0.1, -0.05) is 42.5 Å². The van der Waals surface area contributed by atoms with Crippen LogP contribution in [0.4, 0.5) is 0 Å². The average Bonchev–Trinajstić information content (AvgIpc) is 3.17. The van der Waals surface area contributed by atoms with Crippen LogP contribution in [0.15, 0.2) is 79.4 Å². The molecule has 6 nitrogen and oxygen atoms in total. The van der Waals surface area contributed by atoms with Gasteiger partial charge in [-0.25, -0.2) is 0 Å². The number of rotatable bonds is 5. The maximum atomic E-state index is 13.9. The smallest absolute Gasteiger partial charge is 0.257 e. The van der Waals surface area contributed by atoms with Crippen LogP contribution < -0.4 is 0 Å². The molecule has 31 heavy (non-hydrogen) atoms. The van der Waals surface area contributed by atoms with Gasteiger partial charge in [-0.15, -0.1) is 0 Å². The first kappa shape index (κ1) is 19.8. The summed E-state index contributed by atoms with van der Waals surface area (Å²) in [7, 11) is 0. The van der Waals surface area contributed by atoms with Gasteiger partial charge < -0.3 is 9.64 Å². The number of carbonyl (C=O) groups is 1. The van der Waals surface area contributed by atoms with Crippen LogP contribution in [-0.4, -0.2) is 57.5 Å². The van der Waals surface area contributed by atoms with Crippen molar-refractivity contribution < 1.29 is 9.53 Å². The number of hydrogen-bond donors (Lipinski definition) is 0. The van der Waals surface area contributed by atoms with E-state index in [0.717, 1.165) is 29.8 Å². The van der Waals surface area contributed by atoms with E-state index < -0.39 is 5.60 Å². The summed E-state index contributed by atoms with van der Waals surface area (Å²) in [5.74, 6) is 0.00841. The Morgan fingerprint density at radius 3 is 2.45 bits per heavy atom. The first-order chi connectivity index (χ1) is 15.2. The maximum Gasteiger partial charge on any atom is 0.257 e. The highest BCUT2D eigenvalue weighted by Crippen LogP contribution is 2.42. The Bertz CT molecular complexity index is 1020. The molecule has 1 spiro atoms. The molecule has 158 valence electrons. The zero-order chi connectivity index (χ0) is 21.1. The number of nitrogens with zero attached hydrogens (tertiary/aromatic N) is 4. The van der Waals surface area contributed by atoms with E-state index in [9.17, 15) is 4.79 Å². The molecule has 2 unspecified atom stereocenters. The monoisotopic (exact) mass is 414 g/mol. The molecule has 0 saturated carbocycles. The topological polar surface area (TPSA) is 58.6 Å². The molecule has 0 aliphatic carbocycles. The van der Waals surface area contributed by atoms with Crippen LogP contribution >= 0.6 is 0 Å². The fraction of sp³-hybridized carbons (Fsp3) is 0.320. The van der Waals surface area contributed by atoms with Crippen LogP contribution in [0, 0.1) is 0 Å². The minimum atomic E-state index is -0.891. The summed E-state index contributed by atoms with van der Waals surface area (Å²) in [5, 5.41) is 0. The van der Waals surface area contributed by atoms with Crippen LogP contribution in [0.1, 0.15) is 22.6 Å². The van der Waals surface area contributed by atoms with Crippen molar-refractivity contribution in [1.29, 1.82) is 0 Å². The Hall–Kier alpha value is -3.09. The molecular formula is C25H26N4O2. The molecule has 5 rings (SSSR count). The number of carbonyl (C=O) groups excluding carboxylic acids is 1. The number of aromatic nitrogens is 2. The van der Waals surface area contributed by atoms with E-state index in [4.69, 9.17) is 4.74 Å². The van der Waals surface area contributed by atoms with Gasteiger partial charge in [0.1, 0.15) is 0 Å². The SMILES string of the molecule is O=C1N(Cc2ccccc2)CCOC12CN(Cc1cccnc1)CC2c1cccnc1. The second-order valence-corrected chi connectivity index (χ2v) is 8.32.